The summed E-state index contributed by atoms with van der Waals surface area (Å²) in [6, 6.07) is 29.7. The summed E-state index contributed by atoms with van der Waals surface area (Å²) in [5.74, 6) is -6.80. The van der Waals surface area contributed by atoms with Crippen LogP contribution in [0.2, 0.25) is 5.15 Å². The van der Waals surface area contributed by atoms with Crippen molar-refractivity contribution in [2.75, 3.05) is 20.9 Å². The molecule has 7 heterocycles. The number of alkyl halides is 12. The Bertz CT molecular complexity index is 5750. The molecule has 606 valence electrons. The Kier molecular flexibility index (Phi) is 30.9. The molecule has 115 heavy (non-hydrogen) atoms. The molecule has 0 unspecified atom stereocenters. The van der Waals surface area contributed by atoms with Crippen LogP contribution in [0.1, 0.15) is 51.4 Å². The first kappa shape index (κ1) is 92.3. The molecule has 8 N–H and O–H groups in total. The van der Waals surface area contributed by atoms with Gasteiger partial charge >= 0.3 is 31.8 Å². The highest BCUT2D eigenvalue weighted by molar-refractivity contribution is 8.13. The van der Waals surface area contributed by atoms with Gasteiger partial charge in [0.05, 0.1) is 39.3 Å². The molecule has 0 aliphatic rings. The topological polar surface area (TPSA) is 309 Å². The van der Waals surface area contributed by atoms with Crippen LogP contribution in [0.25, 0.3) is 52.0 Å². The number of rotatable bonds is 15. The monoisotopic (exact) mass is 1720 g/mol. The maximum Gasteiger partial charge on any atom is 0.489 e. The van der Waals surface area contributed by atoms with Gasteiger partial charge in [-0.3, -0.25) is 9.44 Å². The molecule has 0 saturated heterocycles. The summed E-state index contributed by atoms with van der Waals surface area (Å²) in [6.45, 7) is 12.1. The van der Waals surface area contributed by atoms with Crippen molar-refractivity contribution >= 4 is 105 Å². The number of nitrogens with one attached hydrogen (secondary N) is 2. The lowest BCUT2D eigenvalue weighted by Crippen LogP contribution is -2.32. The number of nitrogens with zero attached hydrogens (tertiary/aromatic N) is 7. The molecule has 19 nitrogen and oxygen atoms in total. The van der Waals surface area contributed by atoms with Gasteiger partial charge in [0.2, 0.25) is 17.8 Å². The first-order chi connectivity index (χ1) is 53.4. The van der Waals surface area contributed by atoms with E-state index >= 15 is 0 Å². The minimum atomic E-state index is -4.85. The third-order valence-electron chi connectivity index (χ3n) is 14.4. The molecular formula is C71H51BCl2F19N11O8S3. The lowest BCUT2D eigenvalue weighted by molar-refractivity contribution is -0.138. The summed E-state index contributed by atoms with van der Waals surface area (Å²) < 4.78 is 323. The van der Waals surface area contributed by atoms with E-state index in [0.717, 1.165) is 127 Å². The first-order valence-corrected chi connectivity index (χ1v) is 36.8. The van der Waals surface area contributed by atoms with Crippen LogP contribution in [-0.4, -0.2) is 77.3 Å². The van der Waals surface area contributed by atoms with E-state index in [0.29, 0.717) is 28.8 Å². The molecule has 0 fully saturated rings. The van der Waals surface area contributed by atoms with E-state index < -0.39 is 173 Å². The molecule has 0 spiro atoms. The number of nitrogens with two attached hydrogens (primary N) is 2. The summed E-state index contributed by atoms with van der Waals surface area (Å²) >= 11 is 5.20. The zero-order chi connectivity index (χ0) is 86.1. The highest BCUT2D eigenvalue weighted by Gasteiger charge is 2.39. The maximum atomic E-state index is 13.8. The summed E-state index contributed by atoms with van der Waals surface area (Å²) in [5.41, 5.74) is 5.68. The van der Waals surface area contributed by atoms with E-state index in [4.69, 9.17) is 43.8 Å². The van der Waals surface area contributed by atoms with E-state index in [1.165, 1.54) is 54.6 Å². The van der Waals surface area contributed by atoms with Gasteiger partial charge in [-0.1, -0.05) is 99.0 Å². The van der Waals surface area contributed by atoms with Gasteiger partial charge in [0.25, 0.3) is 29.1 Å². The number of aryl methyl sites for hydroxylation is 1. The van der Waals surface area contributed by atoms with E-state index in [1.54, 1.807) is 6.92 Å². The third kappa shape index (κ3) is 26.2. The molecule has 0 amide bonds. The minimum Gasteiger partial charge on any atom is -0.423 e. The van der Waals surface area contributed by atoms with Crippen molar-refractivity contribution in [1.29, 1.82) is 0 Å². The van der Waals surface area contributed by atoms with Crippen molar-refractivity contribution in [3.63, 3.8) is 0 Å². The van der Waals surface area contributed by atoms with Gasteiger partial charge in [-0.05, 0) is 168 Å². The Morgan fingerprint density at radius 3 is 1.10 bits per heavy atom. The normalized spacial score (nSPS) is 11.5. The van der Waals surface area contributed by atoms with Crippen LogP contribution in [0.3, 0.4) is 0 Å². The number of nitrogen functional groups attached to an aromatic ring is 2. The molecule has 44 heteroatoms. The quantitative estimate of drug-likeness (QED) is 0.0240. The van der Waals surface area contributed by atoms with Crippen LogP contribution in [-0.2, 0) is 60.2 Å². The fourth-order valence-electron chi connectivity index (χ4n) is 9.31. The number of halogens is 21. The third-order valence-corrected chi connectivity index (χ3v) is 18.4. The molecule has 0 aliphatic carbocycles. The summed E-state index contributed by atoms with van der Waals surface area (Å²) in [7, 11) is -9.56. The van der Waals surface area contributed by atoms with Gasteiger partial charge in [-0.25, -0.2) is 60.9 Å². The highest BCUT2D eigenvalue weighted by atomic mass is 35.7. The molecule has 0 bridgehead atoms. The van der Waals surface area contributed by atoms with Crippen molar-refractivity contribution in [2.24, 2.45) is 0 Å². The number of sulfonamides is 2. The predicted octanol–water partition coefficient (Wildman–Crippen LogP) is 17.5. The number of hydrogen-bond donors (Lipinski definition) is 6. The van der Waals surface area contributed by atoms with Gasteiger partial charge in [0, 0.05) is 27.4 Å². The molecule has 0 radical (unpaired) electrons. The van der Waals surface area contributed by atoms with Crippen LogP contribution >= 0.6 is 22.3 Å². The molecule has 4 aromatic carbocycles. The van der Waals surface area contributed by atoms with Gasteiger partial charge in [-0.15, -0.1) is 0 Å². The van der Waals surface area contributed by atoms with Gasteiger partial charge in [-0.2, -0.15) is 82.7 Å². The van der Waals surface area contributed by atoms with E-state index in [1.807, 2.05) is 9.44 Å². The molecule has 7 aromatic heterocycles. The number of hydrogen-bond acceptors (Lipinski definition) is 17. The number of anilines is 4. The van der Waals surface area contributed by atoms with E-state index in [2.05, 4.69) is 54.6 Å². The number of aromatic nitrogens is 7. The molecule has 11 rings (SSSR count). The zero-order valence-electron chi connectivity index (χ0n) is 57.7. The Morgan fingerprint density at radius 2 is 0.748 bits per heavy atom. The van der Waals surface area contributed by atoms with Crippen molar-refractivity contribution in [1.82, 2.24) is 34.9 Å². The second kappa shape index (κ2) is 38.5. The predicted molar refractivity (Wildman–Crippen MR) is 390 cm³/mol. The van der Waals surface area contributed by atoms with Gasteiger partial charge in [0.15, 0.2) is 15.1 Å². The standard InChI is InChI=1S/C19H14F5N3O2S.C19H12F5N3O2S.C14H10F4N2.C8H8BFO2.C6H4ClF3N2.C5H3ClFNO2S/c2*1-2-11-6-7-12(20)10-13(11)18-14(19(22,23)24)8-9-16(26-18)27-30(28,29)17-5-3-4-15(21)25-17;1-2-8-3-4-9(15)7-10(8)13-11(14(16,17)18)5-6-12(19)20-13;1-2-6-3-4-7(10)5-8(6)9(11)12;7-5-3(6(8,9)10)1-2-4(11)12-5;6-11(9,10)5-3-1-2-4(7)8-5/h3-10H,2H2,1H3,(H,26,27);2-10H,1H2,(H,26,27);2-7H,1H2,(H2,19,20);2-5,11-12H,1H2;1-2H,(H2,11,12);1-3H. The zero-order valence-corrected chi connectivity index (χ0v) is 61.6. The Balaban J connectivity index is 0.000000225. The fraction of sp³-hybridized carbons (Fsp3) is 0.0845. The lowest BCUT2D eigenvalue weighted by Gasteiger charge is -2.16. The molecular weight excluding hydrogens is 1670 g/mol. The van der Waals surface area contributed by atoms with Crippen LogP contribution in [0, 0.1) is 41.1 Å². The Hall–Kier alpha value is -11.6. The SMILES string of the molecule is C=Cc1ccc(F)cc1-c1nc(N)ccc1C(F)(F)F.C=Cc1ccc(F)cc1-c1nc(NS(=O)(=O)c2cccc(F)n2)ccc1C(F)(F)F.C=Cc1ccc(F)cc1B(O)O.CCc1ccc(F)cc1-c1nc(NS(=O)(=O)c2cccc(F)n2)ccc1C(F)(F)F.Nc1ccc(C(F)(F)F)c(Cl)n1.O=S(=O)(Cl)c1cccc(F)n1. The molecule has 11 aromatic rings. The number of pyridine rings is 7. The number of benzene rings is 4. The fourth-order valence-corrected chi connectivity index (χ4v) is 12.2. The maximum absolute atomic E-state index is 13.8. The lowest BCUT2D eigenvalue weighted by atomic mass is 9.77. The smallest absolute Gasteiger partial charge is 0.423 e. The average Bonchev–Trinajstić information content (AvgIpc) is 1.23. The van der Waals surface area contributed by atoms with Crippen LogP contribution in [0.15, 0.2) is 211 Å². The van der Waals surface area contributed by atoms with Crippen molar-refractivity contribution in [2.45, 2.75) is 53.1 Å². The van der Waals surface area contributed by atoms with E-state index in [9.17, 15) is 109 Å². The van der Waals surface area contributed by atoms with Crippen molar-refractivity contribution in [3.05, 3.63) is 286 Å². The molecule has 0 aliphatic heterocycles. The highest BCUT2D eigenvalue weighted by Crippen LogP contribution is 2.42. The second-order valence-electron chi connectivity index (χ2n) is 22.3. The van der Waals surface area contributed by atoms with Crippen molar-refractivity contribution < 1.29 is 119 Å². The second-order valence-corrected chi connectivity index (χ2v) is 28.4. The molecule has 0 atom stereocenters. The van der Waals surface area contributed by atoms with Crippen LogP contribution in [0.4, 0.5) is 107 Å². The van der Waals surface area contributed by atoms with Crippen LogP contribution in [0.5, 0.6) is 0 Å². The molecule has 0 saturated carbocycles. The van der Waals surface area contributed by atoms with Crippen molar-refractivity contribution in [3.8, 4) is 33.8 Å². The minimum absolute atomic E-state index is 0.000347. The first-order valence-electron chi connectivity index (χ1n) is 31.2. The summed E-state index contributed by atoms with van der Waals surface area (Å²) in [6.07, 6.45) is -14.5. The summed E-state index contributed by atoms with van der Waals surface area (Å²) in [4.78, 5) is 24.0. The average molecular weight is 1730 g/mol. The van der Waals surface area contributed by atoms with E-state index in [-0.39, 0.29) is 45.8 Å². The largest absolute Gasteiger partial charge is 0.489 e. The Morgan fingerprint density at radius 1 is 0.417 bits per heavy atom. The van der Waals surface area contributed by atoms with Crippen LogP contribution < -0.4 is 26.4 Å². The Labute approximate surface area is 650 Å². The van der Waals surface area contributed by atoms with Gasteiger partial charge < -0.3 is 21.5 Å². The summed E-state index contributed by atoms with van der Waals surface area (Å²) in [5, 5.41) is 15.1. The van der Waals surface area contributed by atoms with Gasteiger partial charge in [0.1, 0.15) is 51.7 Å².